The van der Waals surface area contributed by atoms with Gasteiger partial charge in [0.15, 0.2) is 4.80 Å². The van der Waals surface area contributed by atoms with E-state index in [0.29, 0.717) is 31.4 Å². The molecule has 41 heavy (non-hydrogen) atoms. The number of nitro groups is 1. The average Bonchev–Trinajstić information content (AvgIpc) is 3.56. The van der Waals surface area contributed by atoms with Crippen LogP contribution in [0.15, 0.2) is 98.6 Å². The highest BCUT2D eigenvalue weighted by molar-refractivity contribution is 7.07. The summed E-state index contributed by atoms with van der Waals surface area (Å²) >= 11 is 7.54. The topological polar surface area (TPSA) is 90.6 Å². The van der Waals surface area contributed by atoms with E-state index in [1.807, 2.05) is 43.3 Å². The number of allylic oxidation sites excluding steroid dienone is 1. The Balaban J connectivity index is 1.38. The summed E-state index contributed by atoms with van der Waals surface area (Å²) in [5, 5.41) is 11.9. The van der Waals surface area contributed by atoms with Crippen molar-refractivity contribution in [2.45, 2.75) is 25.8 Å². The quantitative estimate of drug-likeness (QED) is 0.181. The number of aromatic nitrogens is 1. The zero-order valence-corrected chi connectivity index (χ0v) is 23.4. The lowest BCUT2D eigenvalue weighted by Crippen LogP contribution is -2.38. The molecule has 5 aromatic rings. The zero-order chi connectivity index (χ0) is 28.2. The van der Waals surface area contributed by atoms with E-state index < -0.39 is 4.92 Å². The fourth-order valence-corrected chi connectivity index (χ4v) is 6.77. The van der Waals surface area contributed by atoms with Crippen LogP contribution < -0.4 is 14.9 Å². The maximum Gasteiger partial charge on any atom is 0.271 e. The highest BCUT2D eigenvalue weighted by atomic mass is 35.5. The molecule has 9 heteroatoms. The van der Waals surface area contributed by atoms with Crippen molar-refractivity contribution < 1.29 is 9.34 Å². The summed E-state index contributed by atoms with van der Waals surface area (Å²) in [6.45, 7) is 1.87. The van der Waals surface area contributed by atoms with Crippen LogP contribution in [-0.4, -0.2) is 9.49 Å². The first kappa shape index (κ1) is 25.4. The third-order valence-corrected chi connectivity index (χ3v) is 8.89. The molecule has 7 rings (SSSR count). The van der Waals surface area contributed by atoms with Gasteiger partial charge in [-0.05, 0) is 66.3 Å². The van der Waals surface area contributed by atoms with E-state index in [4.69, 9.17) is 21.0 Å². The number of fused-ring (bicyclic) bond motifs is 3. The molecule has 0 radical (unpaired) electrons. The van der Waals surface area contributed by atoms with E-state index in [-0.39, 0.29) is 17.3 Å². The number of nitrogens with zero attached hydrogens (tertiary/aromatic N) is 3. The largest absolute Gasteiger partial charge is 0.457 e. The van der Waals surface area contributed by atoms with Crippen molar-refractivity contribution in [1.29, 1.82) is 0 Å². The SMILES string of the molecule is Cc1ccc([N+](=O)[O-])cc1-c1ccc(/C=c2/sc3n(c2=O)[C@H](c2ccc(Cl)cc2)C2=C(N=3)c3ccccc3CC2)o1. The fourth-order valence-electron chi connectivity index (χ4n) is 5.66. The Kier molecular flexibility index (Phi) is 6.10. The molecule has 7 nitrogen and oxygen atoms in total. The molecule has 1 aliphatic carbocycles. The van der Waals surface area contributed by atoms with Crippen LogP contribution in [0.4, 0.5) is 5.69 Å². The Labute approximate surface area is 243 Å². The molecule has 1 atom stereocenters. The number of thiazole rings is 1. The summed E-state index contributed by atoms with van der Waals surface area (Å²) in [7, 11) is 0. The van der Waals surface area contributed by atoms with Crippen molar-refractivity contribution in [2.75, 3.05) is 0 Å². The summed E-state index contributed by atoms with van der Waals surface area (Å²) in [6.07, 6.45) is 3.40. The number of hydrogen-bond donors (Lipinski definition) is 0. The van der Waals surface area contributed by atoms with E-state index in [1.165, 1.54) is 29.0 Å². The second-order valence-electron chi connectivity index (χ2n) is 10.1. The van der Waals surface area contributed by atoms with Crippen LogP contribution in [0.25, 0.3) is 23.1 Å². The third-order valence-electron chi connectivity index (χ3n) is 7.66. The van der Waals surface area contributed by atoms with Crippen LogP contribution in [0.3, 0.4) is 0 Å². The number of furan rings is 1. The standard InChI is InChI=1S/C32H22ClN3O4S/c1-18-6-12-22(36(38)39)16-26(18)27-15-13-23(40-27)17-28-31(37)35-30(20-7-10-21(33)11-8-20)25-14-9-19-4-2-3-5-24(19)29(25)34-32(35)41-28/h2-8,10-13,15-17,30H,9,14H2,1H3/b28-17+/t30-/m1/s1. The van der Waals surface area contributed by atoms with Gasteiger partial charge < -0.3 is 4.42 Å². The molecule has 0 fully saturated rings. The predicted octanol–water partition coefficient (Wildman–Crippen LogP) is 6.45. The minimum atomic E-state index is -0.428. The smallest absolute Gasteiger partial charge is 0.271 e. The highest BCUT2D eigenvalue weighted by Gasteiger charge is 2.32. The lowest BCUT2D eigenvalue weighted by molar-refractivity contribution is -0.384. The second-order valence-corrected chi connectivity index (χ2v) is 11.6. The van der Waals surface area contributed by atoms with Gasteiger partial charge >= 0.3 is 0 Å². The Hall–Kier alpha value is -4.53. The highest BCUT2D eigenvalue weighted by Crippen LogP contribution is 2.41. The molecule has 3 aromatic carbocycles. The lowest BCUT2D eigenvalue weighted by Gasteiger charge is -2.30. The minimum Gasteiger partial charge on any atom is -0.457 e. The Morgan fingerprint density at radius 2 is 1.85 bits per heavy atom. The van der Waals surface area contributed by atoms with Crippen molar-refractivity contribution in [1.82, 2.24) is 4.57 Å². The number of nitro benzene ring substituents is 1. The third kappa shape index (κ3) is 4.36. The summed E-state index contributed by atoms with van der Waals surface area (Å²) in [4.78, 5) is 30.5. The number of benzene rings is 3. The van der Waals surface area contributed by atoms with Crippen LogP contribution in [0, 0.1) is 17.0 Å². The monoisotopic (exact) mass is 579 g/mol. The molecule has 2 aromatic heterocycles. The second kappa shape index (κ2) is 9.83. The van der Waals surface area contributed by atoms with Crippen LogP contribution in [-0.2, 0) is 6.42 Å². The van der Waals surface area contributed by atoms with Crippen molar-refractivity contribution in [3.05, 3.63) is 147 Å². The molecule has 0 saturated heterocycles. The molecule has 3 heterocycles. The van der Waals surface area contributed by atoms with E-state index in [1.54, 1.807) is 28.8 Å². The molecule has 1 aliphatic heterocycles. The van der Waals surface area contributed by atoms with Crippen molar-refractivity contribution in [3.63, 3.8) is 0 Å². The molecule has 0 saturated carbocycles. The molecule has 0 bridgehead atoms. The van der Waals surface area contributed by atoms with Crippen molar-refractivity contribution in [2.24, 2.45) is 4.99 Å². The van der Waals surface area contributed by atoms with Gasteiger partial charge in [-0.1, -0.05) is 65.4 Å². The van der Waals surface area contributed by atoms with E-state index in [0.717, 1.165) is 40.8 Å². The summed E-state index contributed by atoms with van der Waals surface area (Å²) < 4.78 is 8.34. The van der Waals surface area contributed by atoms with Gasteiger partial charge in [0, 0.05) is 34.4 Å². The Morgan fingerprint density at radius 1 is 1.05 bits per heavy atom. The average molecular weight is 580 g/mol. The van der Waals surface area contributed by atoms with Gasteiger partial charge in [0.2, 0.25) is 0 Å². The van der Waals surface area contributed by atoms with Gasteiger partial charge in [-0.15, -0.1) is 0 Å². The van der Waals surface area contributed by atoms with Gasteiger partial charge in [0.05, 0.1) is 21.2 Å². The first-order valence-corrected chi connectivity index (χ1v) is 14.3. The minimum absolute atomic E-state index is 0.00963. The first-order valence-electron chi connectivity index (χ1n) is 13.1. The summed E-state index contributed by atoms with van der Waals surface area (Å²) in [6, 6.07) is 23.9. The molecule has 0 unspecified atom stereocenters. The summed E-state index contributed by atoms with van der Waals surface area (Å²) in [5.41, 5.74) is 6.71. The van der Waals surface area contributed by atoms with E-state index in [2.05, 4.69) is 12.1 Å². The molecule has 0 N–H and O–H groups in total. The van der Waals surface area contributed by atoms with Gasteiger partial charge in [-0.3, -0.25) is 19.5 Å². The van der Waals surface area contributed by atoms with Crippen LogP contribution in [0.2, 0.25) is 5.02 Å². The molecule has 2 aliphatic rings. The molecular formula is C32H22ClN3O4S. The summed E-state index contributed by atoms with van der Waals surface area (Å²) in [5.74, 6) is 0.977. The van der Waals surface area contributed by atoms with Crippen molar-refractivity contribution in [3.8, 4) is 11.3 Å². The number of aryl methyl sites for hydroxylation is 2. The molecule has 0 amide bonds. The van der Waals surface area contributed by atoms with Gasteiger partial charge in [-0.2, -0.15) is 0 Å². The van der Waals surface area contributed by atoms with Gasteiger partial charge in [0.25, 0.3) is 11.2 Å². The van der Waals surface area contributed by atoms with Crippen LogP contribution in [0.5, 0.6) is 0 Å². The zero-order valence-electron chi connectivity index (χ0n) is 21.8. The fraction of sp³-hybridized carbons (Fsp3) is 0.125. The van der Waals surface area contributed by atoms with Gasteiger partial charge in [0.1, 0.15) is 11.5 Å². The van der Waals surface area contributed by atoms with E-state index >= 15 is 0 Å². The van der Waals surface area contributed by atoms with E-state index in [9.17, 15) is 14.9 Å². The maximum atomic E-state index is 14.0. The van der Waals surface area contributed by atoms with Crippen molar-refractivity contribution >= 4 is 40.4 Å². The normalized spacial score (nSPS) is 16.1. The van der Waals surface area contributed by atoms with Crippen LogP contribution >= 0.6 is 22.9 Å². The predicted molar refractivity (Wildman–Crippen MR) is 160 cm³/mol. The number of non-ortho nitro benzene ring substituents is 1. The molecule has 202 valence electrons. The lowest BCUT2D eigenvalue weighted by atomic mass is 9.83. The number of hydrogen-bond acceptors (Lipinski definition) is 6. The first-order chi connectivity index (χ1) is 19.9. The Bertz CT molecular complexity index is 2090. The molecule has 0 spiro atoms. The van der Waals surface area contributed by atoms with Crippen LogP contribution in [0.1, 0.15) is 40.5 Å². The Morgan fingerprint density at radius 3 is 2.66 bits per heavy atom. The number of rotatable bonds is 4. The number of halogens is 1. The maximum absolute atomic E-state index is 14.0. The van der Waals surface area contributed by atoms with Gasteiger partial charge in [-0.25, -0.2) is 4.99 Å². The molecular weight excluding hydrogens is 558 g/mol.